The Morgan fingerprint density at radius 2 is 1.93 bits per heavy atom. The van der Waals surface area contributed by atoms with Crippen LogP contribution in [0.25, 0.3) is 11.3 Å². The Morgan fingerprint density at radius 1 is 1.21 bits per heavy atom. The lowest BCUT2D eigenvalue weighted by Crippen LogP contribution is -2.16. The number of aryl methyl sites for hydroxylation is 2. The van der Waals surface area contributed by atoms with Gasteiger partial charge in [-0.05, 0) is 39.8 Å². The van der Waals surface area contributed by atoms with Gasteiger partial charge in [0.05, 0.1) is 5.02 Å². The van der Waals surface area contributed by atoms with Crippen LogP contribution in [0.2, 0.25) is 5.02 Å². The predicted octanol–water partition coefficient (Wildman–Crippen LogP) is 4.78. The number of carbonyl (C=O) groups excluding carboxylic acids is 2. The second-order valence-corrected chi connectivity index (χ2v) is 6.88. The van der Waals surface area contributed by atoms with Crippen LogP contribution in [-0.2, 0) is 11.3 Å². The number of ether oxygens (including phenoxy) is 1. The van der Waals surface area contributed by atoms with E-state index >= 15 is 0 Å². The number of hydrogen-bond donors (Lipinski definition) is 0. The van der Waals surface area contributed by atoms with Gasteiger partial charge in [0.2, 0.25) is 5.78 Å². The van der Waals surface area contributed by atoms with Crippen LogP contribution in [0.1, 0.15) is 44.8 Å². The first kappa shape index (κ1) is 19.9. The fourth-order valence-corrected chi connectivity index (χ4v) is 3.53. The van der Waals surface area contributed by atoms with E-state index in [1.807, 2.05) is 31.4 Å². The molecule has 0 unspecified atom stereocenters. The third-order valence-corrected chi connectivity index (χ3v) is 5.05. The Labute approximate surface area is 168 Å². The van der Waals surface area contributed by atoms with E-state index in [4.69, 9.17) is 20.9 Å². The fraction of sp³-hybridized carbons (Fsp3) is 0.286. The van der Waals surface area contributed by atoms with E-state index in [1.54, 1.807) is 31.2 Å². The third-order valence-electron chi connectivity index (χ3n) is 4.72. The van der Waals surface area contributed by atoms with Crippen LogP contribution < -0.4 is 0 Å². The number of nitrogens with zero attached hydrogens (tertiary/aromatic N) is 2. The Hall–Kier alpha value is -2.86. The van der Waals surface area contributed by atoms with Crippen LogP contribution in [0.4, 0.5) is 0 Å². The molecule has 0 spiro atoms. The van der Waals surface area contributed by atoms with Crippen molar-refractivity contribution < 1.29 is 18.8 Å². The van der Waals surface area contributed by atoms with E-state index < -0.39 is 5.97 Å². The molecule has 0 bridgehead atoms. The number of rotatable bonds is 6. The second kappa shape index (κ2) is 8.02. The van der Waals surface area contributed by atoms with Crippen molar-refractivity contribution in [2.45, 2.75) is 34.2 Å². The highest BCUT2D eigenvalue weighted by atomic mass is 35.5. The van der Waals surface area contributed by atoms with Gasteiger partial charge in [-0.15, -0.1) is 0 Å². The Bertz CT molecular complexity index is 1050. The minimum Gasteiger partial charge on any atom is -0.454 e. The van der Waals surface area contributed by atoms with E-state index in [1.165, 1.54) is 0 Å². The maximum atomic E-state index is 12.7. The van der Waals surface area contributed by atoms with Gasteiger partial charge in [0.15, 0.2) is 6.61 Å². The summed E-state index contributed by atoms with van der Waals surface area (Å²) in [4.78, 5) is 25.2. The highest BCUT2D eigenvalue weighted by Gasteiger charge is 2.25. The van der Waals surface area contributed by atoms with Crippen molar-refractivity contribution in [3.63, 3.8) is 0 Å². The minimum absolute atomic E-state index is 0.167. The molecule has 0 atom stereocenters. The van der Waals surface area contributed by atoms with Crippen LogP contribution >= 0.6 is 11.6 Å². The Balaban J connectivity index is 1.81. The zero-order valence-electron chi connectivity index (χ0n) is 16.2. The van der Waals surface area contributed by atoms with Crippen molar-refractivity contribution in [3.05, 3.63) is 63.6 Å². The Kier molecular flexibility index (Phi) is 5.70. The number of hydrogen-bond acceptors (Lipinski definition) is 5. The van der Waals surface area contributed by atoms with Gasteiger partial charge in [-0.2, -0.15) is 0 Å². The van der Waals surface area contributed by atoms with Gasteiger partial charge >= 0.3 is 5.97 Å². The molecule has 7 heteroatoms. The van der Waals surface area contributed by atoms with Crippen molar-refractivity contribution in [2.75, 3.05) is 6.61 Å². The van der Waals surface area contributed by atoms with E-state index in [9.17, 15) is 9.59 Å². The molecule has 1 aromatic carbocycles. The molecule has 0 radical (unpaired) electrons. The first-order chi connectivity index (χ1) is 13.3. The van der Waals surface area contributed by atoms with Crippen LogP contribution in [0.15, 0.2) is 34.9 Å². The summed E-state index contributed by atoms with van der Waals surface area (Å²) in [5.41, 5.74) is 3.43. The first-order valence-corrected chi connectivity index (χ1v) is 9.31. The molecule has 3 rings (SSSR count). The molecule has 0 aliphatic carbocycles. The van der Waals surface area contributed by atoms with E-state index in [-0.39, 0.29) is 18.0 Å². The van der Waals surface area contributed by atoms with Gasteiger partial charge in [-0.1, -0.05) is 35.0 Å². The average Bonchev–Trinajstić information content (AvgIpc) is 3.19. The molecule has 28 heavy (non-hydrogen) atoms. The zero-order valence-corrected chi connectivity index (χ0v) is 17.0. The van der Waals surface area contributed by atoms with Gasteiger partial charge in [-0.3, -0.25) is 4.79 Å². The molecule has 0 aliphatic rings. The summed E-state index contributed by atoms with van der Waals surface area (Å²) in [5, 5.41) is 4.38. The molecule has 6 nitrogen and oxygen atoms in total. The number of halogens is 1. The lowest BCUT2D eigenvalue weighted by Gasteiger charge is -2.07. The average molecular weight is 401 g/mol. The number of benzene rings is 1. The highest BCUT2D eigenvalue weighted by Crippen LogP contribution is 2.31. The van der Waals surface area contributed by atoms with Crippen molar-refractivity contribution >= 4 is 23.4 Å². The molecule has 0 aliphatic heterocycles. The number of esters is 1. The van der Waals surface area contributed by atoms with Crippen molar-refractivity contribution in [1.82, 2.24) is 9.72 Å². The smallest absolute Gasteiger partial charge is 0.344 e. The van der Waals surface area contributed by atoms with Gasteiger partial charge < -0.3 is 13.8 Å². The number of aromatic nitrogens is 2. The van der Waals surface area contributed by atoms with Crippen molar-refractivity contribution in [3.8, 4) is 11.3 Å². The van der Waals surface area contributed by atoms with E-state index in [2.05, 4.69) is 5.16 Å². The summed E-state index contributed by atoms with van der Waals surface area (Å²) in [6, 6.07) is 8.81. The SMILES string of the molecule is CCn1c(C)cc(C(=O)COC(=O)c2c(-c3ccccc3Cl)noc2C)c1C. The Morgan fingerprint density at radius 3 is 2.57 bits per heavy atom. The van der Waals surface area contributed by atoms with Crippen LogP contribution in [-0.4, -0.2) is 28.1 Å². The molecule has 3 aromatic rings. The first-order valence-electron chi connectivity index (χ1n) is 8.93. The molecule has 146 valence electrons. The molecule has 0 saturated carbocycles. The maximum absolute atomic E-state index is 12.7. The normalized spacial score (nSPS) is 10.9. The molecule has 0 amide bonds. The lowest BCUT2D eigenvalue weighted by atomic mass is 10.1. The molecule has 0 saturated heterocycles. The number of carbonyl (C=O) groups is 2. The molecular formula is C21H21ClN2O4. The summed E-state index contributed by atoms with van der Waals surface area (Å²) in [6.45, 7) is 7.85. The number of ketones is 1. The molecule has 2 aromatic heterocycles. The quantitative estimate of drug-likeness (QED) is 0.439. The number of Topliss-reactive ketones (excluding diaryl/α,β-unsaturated/α-hetero) is 1. The highest BCUT2D eigenvalue weighted by molar-refractivity contribution is 6.33. The molecule has 2 heterocycles. The predicted molar refractivity (Wildman–Crippen MR) is 106 cm³/mol. The topological polar surface area (TPSA) is 74.3 Å². The largest absolute Gasteiger partial charge is 0.454 e. The van der Waals surface area contributed by atoms with E-state index in [0.29, 0.717) is 27.6 Å². The fourth-order valence-electron chi connectivity index (χ4n) is 3.30. The summed E-state index contributed by atoms with van der Waals surface area (Å²) >= 11 is 6.21. The van der Waals surface area contributed by atoms with Gasteiger partial charge in [0.1, 0.15) is 17.0 Å². The van der Waals surface area contributed by atoms with Crippen molar-refractivity contribution in [1.29, 1.82) is 0 Å². The lowest BCUT2D eigenvalue weighted by molar-refractivity contribution is 0.0473. The monoisotopic (exact) mass is 400 g/mol. The molecule has 0 N–H and O–H groups in total. The van der Waals surface area contributed by atoms with Crippen LogP contribution in [0, 0.1) is 20.8 Å². The third kappa shape index (κ3) is 3.60. The summed E-state index contributed by atoms with van der Waals surface area (Å²) in [7, 11) is 0. The van der Waals surface area contributed by atoms with Gasteiger partial charge in [0.25, 0.3) is 0 Å². The van der Waals surface area contributed by atoms with Crippen LogP contribution in [0.5, 0.6) is 0 Å². The standard InChI is InChI=1S/C21H21ClN2O4/c1-5-24-12(2)10-16(13(24)3)18(25)11-27-21(26)19-14(4)28-23-20(19)15-8-6-7-9-17(15)22/h6-10H,5,11H2,1-4H3. The second-order valence-electron chi connectivity index (χ2n) is 6.47. The van der Waals surface area contributed by atoms with Gasteiger partial charge in [0, 0.05) is 29.1 Å². The summed E-state index contributed by atoms with van der Waals surface area (Å²) in [6.07, 6.45) is 0. The van der Waals surface area contributed by atoms with Gasteiger partial charge in [-0.25, -0.2) is 4.79 Å². The van der Waals surface area contributed by atoms with Crippen molar-refractivity contribution in [2.24, 2.45) is 0 Å². The zero-order chi connectivity index (χ0) is 20.4. The maximum Gasteiger partial charge on any atom is 0.344 e. The molecule has 0 fully saturated rings. The van der Waals surface area contributed by atoms with Crippen LogP contribution in [0.3, 0.4) is 0 Å². The molecular weight excluding hydrogens is 380 g/mol. The van der Waals surface area contributed by atoms with E-state index in [0.717, 1.165) is 17.9 Å². The summed E-state index contributed by atoms with van der Waals surface area (Å²) < 4.78 is 12.5. The summed E-state index contributed by atoms with van der Waals surface area (Å²) in [5.74, 6) is -0.627. The minimum atomic E-state index is -0.675.